The predicted octanol–water partition coefficient (Wildman–Crippen LogP) is 4.53. The van der Waals surface area contributed by atoms with Gasteiger partial charge in [0, 0.05) is 18.0 Å². The third kappa shape index (κ3) is 5.65. The molecule has 1 saturated carbocycles. The Bertz CT molecular complexity index is 1470. The molecule has 0 aromatic heterocycles. The maximum atomic E-state index is 13.7. The molecule has 8 nitrogen and oxygen atoms in total. The summed E-state index contributed by atoms with van der Waals surface area (Å²) in [7, 11) is 0. The van der Waals surface area contributed by atoms with Gasteiger partial charge in [0.1, 0.15) is 18.4 Å². The number of alkyl halides is 3. The molecule has 2 aromatic carbocycles. The topological polar surface area (TPSA) is 96.0 Å². The Kier molecular flexibility index (Phi) is 7.65. The van der Waals surface area contributed by atoms with E-state index in [0.717, 1.165) is 24.0 Å². The monoisotopic (exact) mass is 585 g/mol. The number of carbonyl (C=O) groups excluding carboxylic acids is 4. The van der Waals surface area contributed by atoms with E-state index in [1.54, 1.807) is 36.4 Å². The SMILES string of the molecule is C[C@H](N(Cc1ccc(F)cc1)C(=O)CN1C[C@]2(CCC3C(=O)C(NC(=O)c4ccccc4)=CC=C32)OC1=O)C(F)(F)F. The van der Waals surface area contributed by atoms with E-state index >= 15 is 0 Å². The first-order valence-electron chi connectivity index (χ1n) is 13.3. The number of hydrogen-bond acceptors (Lipinski definition) is 5. The molecule has 2 fully saturated rings. The fourth-order valence-corrected chi connectivity index (χ4v) is 5.56. The van der Waals surface area contributed by atoms with Crippen LogP contribution >= 0.6 is 0 Å². The van der Waals surface area contributed by atoms with Crippen molar-refractivity contribution in [2.45, 2.75) is 44.1 Å². The van der Waals surface area contributed by atoms with Gasteiger partial charge in [-0.15, -0.1) is 0 Å². The zero-order valence-electron chi connectivity index (χ0n) is 22.5. The van der Waals surface area contributed by atoms with Crippen LogP contribution in [0.2, 0.25) is 0 Å². The summed E-state index contributed by atoms with van der Waals surface area (Å²) in [5.74, 6) is -2.99. The fraction of sp³-hybridized carbons (Fsp3) is 0.333. The number of hydrogen-bond donors (Lipinski definition) is 1. The lowest BCUT2D eigenvalue weighted by Crippen LogP contribution is -2.50. The van der Waals surface area contributed by atoms with Crippen molar-refractivity contribution in [2.75, 3.05) is 13.1 Å². The second kappa shape index (κ2) is 11.1. The van der Waals surface area contributed by atoms with Crippen molar-refractivity contribution in [1.82, 2.24) is 15.1 Å². The average molecular weight is 586 g/mol. The number of ketones is 1. The van der Waals surface area contributed by atoms with Gasteiger partial charge in [-0.1, -0.05) is 36.4 Å². The third-order valence-electron chi connectivity index (χ3n) is 7.88. The minimum absolute atomic E-state index is 0.101. The van der Waals surface area contributed by atoms with Gasteiger partial charge in [0.05, 0.1) is 12.2 Å². The summed E-state index contributed by atoms with van der Waals surface area (Å²) in [5, 5.41) is 2.63. The van der Waals surface area contributed by atoms with Gasteiger partial charge in [0.2, 0.25) is 5.91 Å². The number of allylic oxidation sites excluding steroid dienone is 3. The largest absolute Gasteiger partial charge is 0.436 e. The van der Waals surface area contributed by atoms with Crippen LogP contribution in [0.1, 0.15) is 35.7 Å². The van der Waals surface area contributed by atoms with E-state index in [0.29, 0.717) is 22.5 Å². The molecule has 1 aliphatic heterocycles. The van der Waals surface area contributed by atoms with Crippen LogP contribution in [0, 0.1) is 11.7 Å². The third-order valence-corrected chi connectivity index (χ3v) is 7.88. The maximum Gasteiger partial charge on any atom is 0.411 e. The van der Waals surface area contributed by atoms with Gasteiger partial charge in [-0.3, -0.25) is 19.3 Å². The lowest BCUT2D eigenvalue weighted by molar-refractivity contribution is -0.187. The van der Waals surface area contributed by atoms with Crippen molar-refractivity contribution in [2.24, 2.45) is 5.92 Å². The number of nitrogens with one attached hydrogen (secondary N) is 1. The highest BCUT2D eigenvalue weighted by molar-refractivity contribution is 6.06. The first-order valence-corrected chi connectivity index (χ1v) is 13.3. The second-order valence-electron chi connectivity index (χ2n) is 10.6. The van der Waals surface area contributed by atoms with Crippen molar-refractivity contribution in [1.29, 1.82) is 0 Å². The Hall–Kier alpha value is -4.48. The molecule has 2 aromatic rings. The van der Waals surface area contributed by atoms with Gasteiger partial charge < -0.3 is 15.0 Å². The highest BCUT2D eigenvalue weighted by Gasteiger charge is 2.56. The molecule has 220 valence electrons. The smallest absolute Gasteiger partial charge is 0.411 e. The Morgan fingerprint density at radius 3 is 2.45 bits per heavy atom. The van der Waals surface area contributed by atoms with Crippen molar-refractivity contribution in [3.8, 4) is 0 Å². The van der Waals surface area contributed by atoms with E-state index in [1.165, 1.54) is 18.2 Å². The first-order chi connectivity index (χ1) is 19.9. The van der Waals surface area contributed by atoms with Gasteiger partial charge in [-0.25, -0.2) is 9.18 Å². The maximum absolute atomic E-state index is 13.7. The predicted molar refractivity (Wildman–Crippen MR) is 141 cm³/mol. The summed E-state index contributed by atoms with van der Waals surface area (Å²) in [5.41, 5.74) is 0.0551. The molecule has 2 aliphatic carbocycles. The average Bonchev–Trinajstić information content (AvgIpc) is 3.47. The summed E-state index contributed by atoms with van der Waals surface area (Å²) in [4.78, 5) is 53.5. The number of benzene rings is 2. The van der Waals surface area contributed by atoms with Crippen molar-refractivity contribution >= 4 is 23.7 Å². The van der Waals surface area contributed by atoms with Crippen LogP contribution in [0.3, 0.4) is 0 Å². The molecule has 3 atom stereocenters. The first kappa shape index (κ1) is 29.0. The number of carbonyl (C=O) groups is 4. The molecule has 3 aliphatic rings. The number of amides is 3. The van der Waals surface area contributed by atoms with E-state index < -0.39 is 60.6 Å². The van der Waals surface area contributed by atoms with Crippen molar-refractivity contribution in [3.63, 3.8) is 0 Å². The van der Waals surface area contributed by atoms with Crippen LogP contribution in [0.4, 0.5) is 22.4 Å². The molecular weight excluding hydrogens is 558 g/mol. The second-order valence-corrected chi connectivity index (χ2v) is 10.6. The summed E-state index contributed by atoms with van der Waals surface area (Å²) >= 11 is 0. The zero-order chi connectivity index (χ0) is 30.2. The molecule has 12 heteroatoms. The molecular formula is C30H27F4N3O5. The molecule has 1 N–H and O–H groups in total. The standard InChI is InChI=1S/C30H27F4N3O5/c1-18(30(32,33)34)37(15-19-7-9-21(31)10-8-19)25(38)16-36-17-29(42-28(36)41)14-13-22-23(29)11-12-24(26(22)39)35-27(40)20-5-3-2-4-6-20/h2-12,18,22H,13-17H2,1H3,(H,35,40)/t18-,22?,29-/m0/s1. The summed E-state index contributed by atoms with van der Waals surface area (Å²) in [6.45, 7) is -0.413. The lowest BCUT2D eigenvalue weighted by Gasteiger charge is -2.32. The van der Waals surface area contributed by atoms with Gasteiger partial charge >= 0.3 is 12.3 Å². The Balaban J connectivity index is 1.31. The molecule has 3 amide bonds. The molecule has 1 heterocycles. The molecule has 0 radical (unpaired) electrons. The van der Waals surface area contributed by atoms with Gasteiger partial charge in [-0.05, 0) is 61.2 Å². The van der Waals surface area contributed by atoms with Crippen LogP contribution in [0.25, 0.3) is 0 Å². The summed E-state index contributed by atoms with van der Waals surface area (Å²) in [6, 6.07) is 10.9. The van der Waals surface area contributed by atoms with E-state index in [2.05, 4.69) is 5.32 Å². The minimum atomic E-state index is -4.74. The van der Waals surface area contributed by atoms with Crippen LogP contribution in [-0.2, 0) is 20.9 Å². The van der Waals surface area contributed by atoms with Crippen LogP contribution < -0.4 is 5.32 Å². The van der Waals surface area contributed by atoms with Crippen LogP contribution in [0.15, 0.2) is 78.0 Å². The zero-order valence-corrected chi connectivity index (χ0v) is 22.5. The normalized spacial score (nSPS) is 22.3. The van der Waals surface area contributed by atoms with Crippen molar-refractivity contribution in [3.05, 3.63) is 95.0 Å². The molecule has 0 bridgehead atoms. The molecule has 1 unspecified atom stereocenters. The summed E-state index contributed by atoms with van der Waals surface area (Å²) in [6.07, 6.45) is -1.98. The highest BCUT2D eigenvalue weighted by Crippen LogP contribution is 2.48. The lowest BCUT2D eigenvalue weighted by atomic mass is 9.85. The minimum Gasteiger partial charge on any atom is -0.436 e. The van der Waals surface area contributed by atoms with Gasteiger partial charge in [-0.2, -0.15) is 13.2 Å². The van der Waals surface area contributed by atoms with Crippen LogP contribution in [0.5, 0.6) is 0 Å². The Morgan fingerprint density at radius 1 is 1.10 bits per heavy atom. The van der Waals surface area contributed by atoms with Crippen molar-refractivity contribution < 1.29 is 41.5 Å². The number of fused-ring (bicyclic) bond motifs is 2. The van der Waals surface area contributed by atoms with Gasteiger partial charge in [0.15, 0.2) is 11.4 Å². The number of nitrogens with zero attached hydrogens (tertiary/aromatic N) is 2. The Labute approximate surface area is 238 Å². The number of rotatable bonds is 7. The summed E-state index contributed by atoms with van der Waals surface area (Å²) < 4.78 is 60.0. The van der Waals surface area contributed by atoms with E-state index in [9.17, 15) is 36.7 Å². The van der Waals surface area contributed by atoms with E-state index in [-0.39, 0.29) is 30.0 Å². The molecule has 1 saturated heterocycles. The fourth-order valence-electron chi connectivity index (χ4n) is 5.56. The Morgan fingerprint density at radius 2 is 1.79 bits per heavy atom. The molecule has 1 spiro atoms. The highest BCUT2D eigenvalue weighted by atomic mass is 19.4. The molecule has 42 heavy (non-hydrogen) atoms. The number of ether oxygens (including phenoxy) is 1. The van der Waals surface area contributed by atoms with E-state index in [1.807, 2.05) is 0 Å². The quantitative estimate of drug-likeness (QED) is 0.482. The number of Topliss-reactive ketones (excluding diaryl/α,β-unsaturated/α-hetero) is 1. The van der Waals surface area contributed by atoms with E-state index in [4.69, 9.17) is 4.74 Å². The van der Waals surface area contributed by atoms with Crippen LogP contribution in [-0.4, -0.2) is 64.4 Å². The van der Waals surface area contributed by atoms with Gasteiger partial charge in [0.25, 0.3) is 5.91 Å². The number of halogens is 4. The molecule has 5 rings (SSSR count).